The van der Waals surface area contributed by atoms with E-state index in [0.29, 0.717) is 28.8 Å². The Morgan fingerprint density at radius 2 is 1.92 bits per heavy atom. The number of rotatable bonds is 7. The van der Waals surface area contributed by atoms with Gasteiger partial charge in [-0.05, 0) is 54.5 Å². The van der Waals surface area contributed by atoms with Crippen molar-refractivity contribution in [2.75, 3.05) is 19.0 Å². The van der Waals surface area contributed by atoms with E-state index in [9.17, 15) is 4.79 Å². The number of methoxy groups -OCH3 is 1. The molecule has 0 radical (unpaired) electrons. The molecule has 1 N–H and O–H groups in total. The van der Waals surface area contributed by atoms with Crippen molar-refractivity contribution in [2.24, 2.45) is 0 Å². The molecule has 126 valence electrons. The number of carbonyl (C=O) groups excluding carboxylic acids is 1. The van der Waals surface area contributed by atoms with E-state index in [1.165, 1.54) is 6.08 Å². The zero-order valence-corrected chi connectivity index (χ0v) is 14.5. The highest BCUT2D eigenvalue weighted by Crippen LogP contribution is 2.28. The first-order chi connectivity index (χ1) is 11.6. The lowest BCUT2D eigenvalue weighted by Gasteiger charge is -2.10. The van der Waals surface area contributed by atoms with E-state index < -0.39 is 0 Å². The van der Waals surface area contributed by atoms with Crippen LogP contribution in [-0.2, 0) is 4.79 Å². The highest BCUT2D eigenvalue weighted by atomic mass is 35.5. The van der Waals surface area contributed by atoms with Crippen molar-refractivity contribution < 1.29 is 14.3 Å². The molecule has 0 heterocycles. The second kappa shape index (κ2) is 8.99. The smallest absolute Gasteiger partial charge is 0.248 e. The molecule has 5 heteroatoms. The summed E-state index contributed by atoms with van der Waals surface area (Å²) in [5, 5.41) is 3.39. The summed E-state index contributed by atoms with van der Waals surface area (Å²) in [5.41, 5.74) is 1.54. The van der Waals surface area contributed by atoms with Crippen molar-refractivity contribution in [1.82, 2.24) is 0 Å². The van der Waals surface area contributed by atoms with E-state index in [1.54, 1.807) is 37.5 Å². The Morgan fingerprint density at radius 1 is 1.17 bits per heavy atom. The Kier molecular flexibility index (Phi) is 6.70. The predicted octanol–water partition coefficient (Wildman–Crippen LogP) is 4.79. The second-order valence-corrected chi connectivity index (χ2v) is 5.52. The van der Waals surface area contributed by atoms with Gasteiger partial charge in [-0.25, -0.2) is 0 Å². The molecule has 0 atom stereocenters. The van der Waals surface area contributed by atoms with Crippen LogP contribution in [0.3, 0.4) is 0 Å². The van der Waals surface area contributed by atoms with Crippen LogP contribution in [0.4, 0.5) is 5.69 Å². The lowest BCUT2D eigenvalue weighted by molar-refractivity contribution is -0.111. The van der Waals surface area contributed by atoms with Crippen LogP contribution in [0.25, 0.3) is 6.08 Å². The number of hydrogen-bond donors (Lipinski definition) is 1. The van der Waals surface area contributed by atoms with Crippen LogP contribution in [0.5, 0.6) is 11.5 Å². The van der Waals surface area contributed by atoms with Crippen molar-refractivity contribution in [3.05, 3.63) is 59.1 Å². The van der Waals surface area contributed by atoms with Gasteiger partial charge in [0.25, 0.3) is 0 Å². The molecule has 4 nitrogen and oxygen atoms in total. The van der Waals surface area contributed by atoms with Gasteiger partial charge in [-0.15, -0.1) is 0 Å². The summed E-state index contributed by atoms with van der Waals surface area (Å²) < 4.78 is 10.9. The minimum absolute atomic E-state index is 0.220. The maximum absolute atomic E-state index is 11.9. The quantitative estimate of drug-likeness (QED) is 0.734. The van der Waals surface area contributed by atoms with Gasteiger partial charge < -0.3 is 14.8 Å². The van der Waals surface area contributed by atoms with Crippen LogP contribution in [0.15, 0.2) is 48.5 Å². The molecule has 0 bridgehead atoms. The SMILES string of the molecule is CCCOc1ccc(C=CC(=O)Nc2ccc(Cl)cc2)cc1OC. The molecule has 0 saturated heterocycles. The molecule has 0 saturated carbocycles. The van der Waals surface area contributed by atoms with E-state index in [1.807, 2.05) is 25.1 Å². The summed E-state index contributed by atoms with van der Waals surface area (Å²) >= 11 is 5.81. The number of benzene rings is 2. The maximum Gasteiger partial charge on any atom is 0.248 e. The van der Waals surface area contributed by atoms with Crippen LogP contribution in [-0.4, -0.2) is 19.6 Å². The number of nitrogens with one attached hydrogen (secondary N) is 1. The number of carbonyl (C=O) groups is 1. The lowest BCUT2D eigenvalue weighted by Crippen LogP contribution is -2.07. The fourth-order valence-electron chi connectivity index (χ4n) is 2.01. The standard InChI is InChI=1S/C19H20ClNO3/c1-3-12-24-17-10-4-14(13-18(17)23-2)5-11-19(22)21-16-8-6-15(20)7-9-16/h4-11,13H,3,12H2,1-2H3,(H,21,22). The number of hydrogen-bond acceptors (Lipinski definition) is 3. The highest BCUT2D eigenvalue weighted by molar-refractivity contribution is 6.30. The van der Waals surface area contributed by atoms with E-state index in [-0.39, 0.29) is 5.91 Å². The van der Waals surface area contributed by atoms with Crippen molar-refractivity contribution >= 4 is 29.3 Å². The molecule has 0 aliphatic carbocycles. The maximum atomic E-state index is 11.9. The third-order valence-electron chi connectivity index (χ3n) is 3.19. The molecule has 2 rings (SSSR count). The molecule has 0 fully saturated rings. The van der Waals surface area contributed by atoms with E-state index in [0.717, 1.165) is 12.0 Å². The van der Waals surface area contributed by atoms with Gasteiger partial charge in [-0.3, -0.25) is 4.79 Å². The van der Waals surface area contributed by atoms with Crippen molar-refractivity contribution in [2.45, 2.75) is 13.3 Å². The third kappa shape index (κ3) is 5.32. The Bertz CT molecular complexity index is 711. The molecule has 24 heavy (non-hydrogen) atoms. The second-order valence-electron chi connectivity index (χ2n) is 5.09. The van der Waals surface area contributed by atoms with Crippen LogP contribution in [0.1, 0.15) is 18.9 Å². The average molecular weight is 346 g/mol. The molecule has 0 aromatic heterocycles. The van der Waals surface area contributed by atoms with Gasteiger partial charge in [-0.2, -0.15) is 0 Å². The molecule has 2 aromatic carbocycles. The van der Waals surface area contributed by atoms with Gasteiger partial charge >= 0.3 is 0 Å². The monoisotopic (exact) mass is 345 g/mol. The zero-order chi connectivity index (χ0) is 17.4. The van der Waals surface area contributed by atoms with Crippen molar-refractivity contribution in [3.8, 4) is 11.5 Å². The summed E-state index contributed by atoms with van der Waals surface area (Å²) in [6, 6.07) is 12.5. The topological polar surface area (TPSA) is 47.6 Å². The van der Waals surface area contributed by atoms with Crippen molar-refractivity contribution in [1.29, 1.82) is 0 Å². The van der Waals surface area contributed by atoms with Crippen LogP contribution >= 0.6 is 11.6 Å². The van der Waals surface area contributed by atoms with E-state index >= 15 is 0 Å². The zero-order valence-electron chi connectivity index (χ0n) is 13.7. The molecule has 2 aromatic rings. The molecular weight excluding hydrogens is 326 g/mol. The molecule has 0 unspecified atom stereocenters. The number of anilines is 1. The number of halogens is 1. The first-order valence-corrected chi connectivity index (χ1v) is 8.05. The van der Waals surface area contributed by atoms with Gasteiger partial charge in [0.1, 0.15) is 0 Å². The molecule has 1 amide bonds. The number of amides is 1. The fourth-order valence-corrected chi connectivity index (χ4v) is 2.13. The largest absolute Gasteiger partial charge is 0.493 e. The Morgan fingerprint density at radius 3 is 2.58 bits per heavy atom. The van der Waals surface area contributed by atoms with E-state index in [4.69, 9.17) is 21.1 Å². The minimum atomic E-state index is -0.220. The van der Waals surface area contributed by atoms with Crippen LogP contribution < -0.4 is 14.8 Å². The molecular formula is C19H20ClNO3. The third-order valence-corrected chi connectivity index (χ3v) is 3.44. The van der Waals surface area contributed by atoms with Gasteiger partial charge in [-0.1, -0.05) is 24.6 Å². The molecule has 0 aliphatic rings. The summed E-state index contributed by atoms with van der Waals surface area (Å²) in [6.07, 6.45) is 4.11. The summed E-state index contributed by atoms with van der Waals surface area (Å²) in [6.45, 7) is 2.68. The minimum Gasteiger partial charge on any atom is -0.493 e. The predicted molar refractivity (Wildman–Crippen MR) is 97.9 cm³/mol. The lowest BCUT2D eigenvalue weighted by atomic mass is 10.2. The van der Waals surface area contributed by atoms with Crippen LogP contribution in [0.2, 0.25) is 5.02 Å². The van der Waals surface area contributed by atoms with Gasteiger partial charge in [0.15, 0.2) is 11.5 Å². The number of ether oxygens (including phenoxy) is 2. The van der Waals surface area contributed by atoms with Gasteiger partial charge in [0, 0.05) is 16.8 Å². The first kappa shape index (κ1) is 17.9. The van der Waals surface area contributed by atoms with Crippen molar-refractivity contribution in [3.63, 3.8) is 0 Å². The van der Waals surface area contributed by atoms with E-state index in [2.05, 4.69) is 5.32 Å². The van der Waals surface area contributed by atoms with Crippen LogP contribution in [0, 0.1) is 0 Å². The molecule has 0 spiro atoms. The highest BCUT2D eigenvalue weighted by Gasteiger charge is 2.05. The summed E-state index contributed by atoms with van der Waals surface area (Å²) in [7, 11) is 1.59. The first-order valence-electron chi connectivity index (χ1n) is 7.68. The summed E-state index contributed by atoms with van der Waals surface area (Å²) in [5.74, 6) is 1.12. The normalized spacial score (nSPS) is 10.6. The molecule has 0 aliphatic heterocycles. The Hall–Kier alpha value is -2.46. The average Bonchev–Trinajstić information content (AvgIpc) is 2.60. The Balaban J connectivity index is 2.02. The fraction of sp³-hybridized carbons (Fsp3) is 0.211. The van der Waals surface area contributed by atoms with Gasteiger partial charge in [0.2, 0.25) is 5.91 Å². The Labute approximate surface area is 147 Å². The summed E-state index contributed by atoms with van der Waals surface area (Å²) in [4.78, 5) is 11.9. The van der Waals surface area contributed by atoms with Gasteiger partial charge in [0.05, 0.1) is 13.7 Å².